The maximum Gasteiger partial charge on any atom is 0.216 e. The standard InChI is InChI=1S/C9H14N2O2/c1-3-4-7(10)9(12)8-5-11-6(2)13-8/h5,7H,3-4,10H2,1-2H3. The molecule has 2 N–H and O–H groups in total. The van der Waals surface area contributed by atoms with Crippen LogP contribution < -0.4 is 5.73 Å². The van der Waals surface area contributed by atoms with Gasteiger partial charge in [0.2, 0.25) is 5.78 Å². The third kappa shape index (κ3) is 2.39. The number of nitrogens with zero attached hydrogens (tertiary/aromatic N) is 1. The van der Waals surface area contributed by atoms with E-state index in [1.54, 1.807) is 6.92 Å². The van der Waals surface area contributed by atoms with Gasteiger partial charge in [-0.3, -0.25) is 4.79 Å². The van der Waals surface area contributed by atoms with Crippen LogP contribution in [0.15, 0.2) is 10.6 Å². The van der Waals surface area contributed by atoms with Gasteiger partial charge in [-0.15, -0.1) is 0 Å². The van der Waals surface area contributed by atoms with Gasteiger partial charge in [-0.1, -0.05) is 13.3 Å². The number of aromatic nitrogens is 1. The fourth-order valence-corrected chi connectivity index (χ4v) is 1.10. The van der Waals surface area contributed by atoms with Crippen LogP contribution in [0, 0.1) is 6.92 Å². The summed E-state index contributed by atoms with van der Waals surface area (Å²) in [7, 11) is 0. The molecule has 0 bridgehead atoms. The Morgan fingerprint density at radius 2 is 2.46 bits per heavy atom. The Kier molecular flexibility index (Phi) is 3.19. The highest BCUT2D eigenvalue weighted by Crippen LogP contribution is 2.07. The van der Waals surface area contributed by atoms with E-state index in [1.807, 2.05) is 6.92 Å². The summed E-state index contributed by atoms with van der Waals surface area (Å²) in [5.74, 6) is 0.591. The zero-order chi connectivity index (χ0) is 9.84. The molecular formula is C9H14N2O2. The van der Waals surface area contributed by atoms with E-state index in [0.717, 1.165) is 6.42 Å². The fourth-order valence-electron chi connectivity index (χ4n) is 1.10. The van der Waals surface area contributed by atoms with Crippen LogP contribution in [0.2, 0.25) is 0 Å². The number of nitrogens with two attached hydrogens (primary N) is 1. The Morgan fingerprint density at radius 1 is 1.77 bits per heavy atom. The molecule has 72 valence electrons. The number of ketones is 1. The molecule has 13 heavy (non-hydrogen) atoms. The normalized spacial score (nSPS) is 12.8. The quantitative estimate of drug-likeness (QED) is 0.712. The molecule has 0 aliphatic heterocycles. The molecule has 0 radical (unpaired) electrons. The number of oxazole rings is 1. The lowest BCUT2D eigenvalue weighted by Gasteiger charge is -2.05. The number of hydrogen-bond acceptors (Lipinski definition) is 4. The number of hydrogen-bond donors (Lipinski definition) is 1. The molecule has 4 nitrogen and oxygen atoms in total. The minimum absolute atomic E-state index is 0.164. The van der Waals surface area contributed by atoms with Crippen LogP contribution in [-0.2, 0) is 0 Å². The Morgan fingerprint density at radius 3 is 2.92 bits per heavy atom. The van der Waals surface area contributed by atoms with E-state index in [0.29, 0.717) is 12.3 Å². The summed E-state index contributed by atoms with van der Waals surface area (Å²) in [6.07, 6.45) is 2.99. The highest BCUT2D eigenvalue weighted by molar-refractivity contribution is 5.97. The topological polar surface area (TPSA) is 69.1 Å². The lowest BCUT2D eigenvalue weighted by Crippen LogP contribution is -2.29. The Labute approximate surface area is 77.1 Å². The molecule has 1 heterocycles. The van der Waals surface area contributed by atoms with Crippen molar-refractivity contribution in [1.29, 1.82) is 0 Å². The second kappa shape index (κ2) is 4.18. The minimum atomic E-state index is -0.461. The number of carbonyl (C=O) groups is 1. The van der Waals surface area contributed by atoms with Crippen molar-refractivity contribution in [3.8, 4) is 0 Å². The van der Waals surface area contributed by atoms with Gasteiger partial charge >= 0.3 is 0 Å². The Bertz CT molecular complexity index is 294. The molecule has 0 aliphatic rings. The lowest BCUT2D eigenvalue weighted by molar-refractivity contribution is 0.0928. The maximum absolute atomic E-state index is 11.5. The zero-order valence-electron chi connectivity index (χ0n) is 7.91. The third-order valence-corrected chi connectivity index (χ3v) is 1.80. The van der Waals surface area contributed by atoms with Crippen molar-refractivity contribution < 1.29 is 9.21 Å². The number of Topliss-reactive ketones (excluding diaryl/α,β-unsaturated/α-hetero) is 1. The van der Waals surface area contributed by atoms with Crippen molar-refractivity contribution in [3.63, 3.8) is 0 Å². The van der Waals surface area contributed by atoms with Gasteiger partial charge < -0.3 is 10.2 Å². The summed E-state index contributed by atoms with van der Waals surface area (Å²) >= 11 is 0. The second-order valence-corrected chi connectivity index (χ2v) is 3.00. The molecule has 0 spiro atoms. The largest absolute Gasteiger partial charge is 0.438 e. The zero-order valence-corrected chi connectivity index (χ0v) is 7.91. The van der Waals surface area contributed by atoms with Crippen molar-refractivity contribution in [1.82, 2.24) is 4.98 Å². The van der Waals surface area contributed by atoms with Gasteiger partial charge in [-0.2, -0.15) is 0 Å². The summed E-state index contributed by atoms with van der Waals surface area (Å²) in [4.78, 5) is 15.3. The summed E-state index contributed by atoms with van der Waals surface area (Å²) < 4.78 is 5.07. The van der Waals surface area contributed by atoms with Crippen LogP contribution in [-0.4, -0.2) is 16.8 Å². The molecule has 0 saturated heterocycles. The minimum Gasteiger partial charge on any atom is -0.438 e. The van der Waals surface area contributed by atoms with Gasteiger partial charge in [0.15, 0.2) is 11.7 Å². The molecule has 1 unspecified atom stereocenters. The smallest absolute Gasteiger partial charge is 0.216 e. The van der Waals surface area contributed by atoms with Crippen LogP contribution in [0.1, 0.15) is 36.2 Å². The molecule has 1 rings (SSSR count). The molecule has 0 fully saturated rings. The Hall–Kier alpha value is -1.16. The van der Waals surface area contributed by atoms with Gasteiger partial charge in [-0.25, -0.2) is 4.98 Å². The first kappa shape index (κ1) is 9.92. The van der Waals surface area contributed by atoms with Crippen molar-refractivity contribution in [2.45, 2.75) is 32.7 Å². The predicted molar refractivity (Wildman–Crippen MR) is 48.5 cm³/mol. The van der Waals surface area contributed by atoms with Gasteiger partial charge in [0, 0.05) is 6.92 Å². The van der Waals surface area contributed by atoms with Crippen LogP contribution in [0.25, 0.3) is 0 Å². The monoisotopic (exact) mass is 182 g/mol. The summed E-state index contributed by atoms with van der Waals surface area (Å²) in [5.41, 5.74) is 5.63. The van der Waals surface area contributed by atoms with E-state index < -0.39 is 6.04 Å². The first-order valence-corrected chi connectivity index (χ1v) is 4.37. The first-order valence-electron chi connectivity index (χ1n) is 4.37. The van der Waals surface area contributed by atoms with Crippen molar-refractivity contribution in [2.75, 3.05) is 0 Å². The van der Waals surface area contributed by atoms with Crippen molar-refractivity contribution in [2.24, 2.45) is 5.73 Å². The highest BCUT2D eigenvalue weighted by Gasteiger charge is 2.18. The van der Waals surface area contributed by atoms with E-state index in [2.05, 4.69) is 4.98 Å². The average Bonchev–Trinajstić information content (AvgIpc) is 2.51. The summed E-state index contributed by atoms with van der Waals surface area (Å²) in [5, 5.41) is 0. The summed E-state index contributed by atoms with van der Waals surface area (Å²) in [6.45, 7) is 3.68. The molecule has 1 aromatic heterocycles. The molecule has 1 atom stereocenters. The van der Waals surface area contributed by atoms with E-state index in [-0.39, 0.29) is 11.5 Å². The molecule has 1 aromatic rings. The number of rotatable bonds is 4. The van der Waals surface area contributed by atoms with Crippen molar-refractivity contribution in [3.05, 3.63) is 17.8 Å². The van der Waals surface area contributed by atoms with Crippen molar-refractivity contribution >= 4 is 5.78 Å². The molecule has 0 amide bonds. The number of carbonyl (C=O) groups excluding carboxylic acids is 1. The maximum atomic E-state index is 11.5. The van der Waals surface area contributed by atoms with E-state index in [4.69, 9.17) is 10.2 Å². The van der Waals surface area contributed by atoms with E-state index in [9.17, 15) is 4.79 Å². The summed E-state index contributed by atoms with van der Waals surface area (Å²) in [6, 6.07) is -0.461. The molecule has 0 saturated carbocycles. The van der Waals surface area contributed by atoms with Gasteiger partial charge in [0.25, 0.3) is 0 Å². The first-order chi connectivity index (χ1) is 6.15. The SMILES string of the molecule is CCCC(N)C(=O)c1cnc(C)o1. The lowest BCUT2D eigenvalue weighted by atomic mass is 10.1. The fraction of sp³-hybridized carbons (Fsp3) is 0.556. The second-order valence-electron chi connectivity index (χ2n) is 3.00. The van der Waals surface area contributed by atoms with E-state index >= 15 is 0 Å². The number of aryl methyl sites for hydroxylation is 1. The van der Waals surface area contributed by atoms with Crippen LogP contribution in [0.5, 0.6) is 0 Å². The van der Waals surface area contributed by atoms with Gasteiger partial charge in [-0.05, 0) is 6.42 Å². The van der Waals surface area contributed by atoms with Gasteiger partial charge in [0.05, 0.1) is 12.2 Å². The third-order valence-electron chi connectivity index (χ3n) is 1.80. The van der Waals surface area contributed by atoms with Crippen LogP contribution in [0.4, 0.5) is 0 Å². The average molecular weight is 182 g/mol. The molecule has 4 heteroatoms. The Balaban J connectivity index is 2.67. The highest BCUT2D eigenvalue weighted by atomic mass is 16.4. The van der Waals surface area contributed by atoms with Gasteiger partial charge in [0.1, 0.15) is 0 Å². The molecular weight excluding hydrogens is 168 g/mol. The van der Waals surface area contributed by atoms with Crippen LogP contribution in [0.3, 0.4) is 0 Å². The molecule has 0 aliphatic carbocycles. The predicted octanol–water partition coefficient (Wildman–Crippen LogP) is 1.29. The van der Waals surface area contributed by atoms with Crippen LogP contribution >= 0.6 is 0 Å². The van der Waals surface area contributed by atoms with E-state index in [1.165, 1.54) is 6.20 Å². The molecule has 0 aromatic carbocycles.